The Kier molecular flexibility index (Phi) is 3.60. The van der Waals surface area contributed by atoms with E-state index in [0.29, 0.717) is 17.6 Å². The van der Waals surface area contributed by atoms with E-state index in [0.717, 1.165) is 5.56 Å². The quantitative estimate of drug-likeness (QED) is 0.847. The van der Waals surface area contributed by atoms with Crippen molar-refractivity contribution in [3.8, 4) is 11.5 Å². The van der Waals surface area contributed by atoms with Crippen molar-refractivity contribution in [2.45, 2.75) is 12.8 Å². The lowest BCUT2D eigenvalue weighted by molar-refractivity contribution is -0.274. The van der Waals surface area contributed by atoms with Crippen LogP contribution in [0.5, 0.6) is 11.5 Å². The summed E-state index contributed by atoms with van der Waals surface area (Å²) in [6.07, 6.45) is -2.76. The van der Waals surface area contributed by atoms with Crippen LogP contribution in [0.25, 0.3) is 6.08 Å². The molecule has 0 amide bonds. The fraction of sp³-hybridized carbons (Fsp3) is 0.118. The third-order valence-electron chi connectivity index (χ3n) is 3.48. The van der Waals surface area contributed by atoms with Crippen LogP contribution >= 0.6 is 0 Å². The van der Waals surface area contributed by atoms with Crippen molar-refractivity contribution in [3.63, 3.8) is 0 Å². The van der Waals surface area contributed by atoms with E-state index in [-0.39, 0.29) is 22.8 Å². The number of ether oxygens (including phenoxy) is 1. The molecule has 1 aliphatic rings. The smallest absolute Gasteiger partial charge is 0.507 e. The highest BCUT2D eigenvalue weighted by Crippen LogP contribution is 2.33. The number of Topliss-reactive ketones (excluding diaryl/α,β-unsaturated/α-hetero) is 1. The predicted octanol–water partition coefficient (Wildman–Crippen LogP) is 4.11. The molecule has 2 aromatic carbocycles. The van der Waals surface area contributed by atoms with Crippen molar-refractivity contribution in [2.24, 2.45) is 0 Å². The van der Waals surface area contributed by atoms with Crippen LogP contribution in [0, 0.1) is 0 Å². The van der Waals surface area contributed by atoms with E-state index < -0.39 is 6.36 Å². The molecule has 1 N–H and O–H groups in total. The number of carbonyl (C=O) groups excluding carboxylic acids is 1. The average Bonchev–Trinajstić information content (AvgIpc) is 2.77. The molecule has 2 aromatic rings. The zero-order valence-electron chi connectivity index (χ0n) is 11.7. The number of phenols is 1. The first-order valence-corrected chi connectivity index (χ1v) is 6.75. The van der Waals surface area contributed by atoms with E-state index in [1.165, 1.54) is 30.3 Å². The van der Waals surface area contributed by atoms with E-state index >= 15 is 0 Å². The van der Waals surface area contributed by atoms with Crippen LogP contribution in [0.15, 0.2) is 48.0 Å². The summed E-state index contributed by atoms with van der Waals surface area (Å²) in [5, 5.41) is 9.76. The summed E-state index contributed by atoms with van der Waals surface area (Å²) in [6, 6.07) is 10.1. The second-order valence-electron chi connectivity index (χ2n) is 5.10. The van der Waals surface area contributed by atoms with Crippen LogP contribution in [0.4, 0.5) is 13.2 Å². The van der Waals surface area contributed by atoms with E-state index in [9.17, 15) is 23.1 Å². The second-order valence-corrected chi connectivity index (χ2v) is 5.10. The van der Waals surface area contributed by atoms with Crippen molar-refractivity contribution in [1.82, 2.24) is 0 Å². The summed E-state index contributed by atoms with van der Waals surface area (Å²) in [4.78, 5) is 12.3. The van der Waals surface area contributed by atoms with Crippen molar-refractivity contribution >= 4 is 11.9 Å². The number of rotatable bonds is 2. The minimum atomic E-state index is -4.74. The van der Waals surface area contributed by atoms with Gasteiger partial charge < -0.3 is 9.84 Å². The molecule has 0 saturated carbocycles. The summed E-state index contributed by atoms with van der Waals surface area (Å²) in [5.41, 5.74) is 2.08. The summed E-state index contributed by atoms with van der Waals surface area (Å²) in [6.45, 7) is 0. The molecule has 0 atom stereocenters. The van der Waals surface area contributed by atoms with E-state index in [1.807, 2.05) is 0 Å². The van der Waals surface area contributed by atoms with E-state index in [4.69, 9.17) is 0 Å². The standard InChI is InChI=1S/C17H11F3O3/c18-17(19,20)23-13-6-4-10(5-7-13)8-12-9-11-2-1-3-14(21)15(11)16(12)22/h1-8,21H,9H2/b12-8+. The monoisotopic (exact) mass is 320 g/mol. The number of ketones is 1. The zero-order chi connectivity index (χ0) is 16.6. The Hall–Kier alpha value is -2.76. The Labute approximate surface area is 129 Å². The van der Waals surface area contributed by atoms with Crippen LogP contribution in [-0.2, 0) is 6.42 Å². The number of hydrogen-bond donors (Lipinski definition) is 1. The van der Waals surface area contributed by atoms with Gasteiger partial charge >= 0.3 is 6.36 Å². The van der Waals surface area contributed by atoms with Gasteiger partial charge in [0.25, 0.3) is 0 Å². The molecule has 118 valence electrons. The van der Waals surface area contributed by atoms with Crippen LogP contribution in [0.1, 0.15) is 21.5 Å². The number of halogens is 3. The number of aromatic hydroxyl groups is 1. The first kappa shape index (κ1) is 15.1. The first-order chi connectivity index (χ1) is 10.8. The van der Waals surface area contributed by atoms with Crippen LogP contribution in [0.2, 0.25) is 0 Å². The molecule has 3 nitrogen and oxygen atoms in total. The summed E-state index contributed by atoms with van der Waals surface area (Å²) < 4.78 is 40.1. The van der Waals surface area contributed by atoms with Crippen molar-refractivity contribution in [1.29, 1.82) is 0 Å². The molecule has 0 bridgehead atoms. The maximum Gasteiger partial charge on any atom is 0.573 e. The minimum Gasteiger partial charge on any atom is -0.507 e. The molecule has 3 rings (SSSR count). The second kappa shape index (κ2) is 5.46. The predicted molar refractivity (Wildman–Crippen MR) is 77.2 cm³/mol. The zero-order valence-corrected chi connectivity index (χ0v) is 11.7. The Morgan fingerprint density at radius 2 is 1.78 bits per heavy atom. The molecule has 6 heteroatoms. The van der Waals surface area contributed by atoms with Crippen LogP contribution in [-0.4, -0.2) is 17.3 Å². The van der Waals surface area contributed by atoms with Gasteiger partial charge in [0.15, 0.2) is 5.78 Å². The number of fused-ring (bicyclic) bond motifs is 1. The topological polar surface area (TPSA) is 46.5 Å². The van der Waals surface area contributed by atoms with Gasteiger partial charge in [0.1, 0.15) is 11.5 Å². The molecule has 0 saturated heterocycles. The summed E-state index contributed by atoms with van der Waals surface area (Å²) in [5.74, 6) is -0.656. The molecular weight excluding hydrogens is 309 g/mol. The Morgan fingerprint density at radius 3 is 2.39 bits per heavy atom. The SMILES string of the molecule is O=C1/C(=C/c2ccc(OC(F)(F)F)cc2)Cc2cccc(O)c21. The van der Waals surface area contributed by atoms with Gasteiger partial charge in [-0.1, -0.05) is 24.3 Å². The Morgan fingerprint density at radius 1 is 1.09 bits per heavy atom. The van der Waals surface area contributed by atoms with Crippen molar-refractivity contribution in [3.05, 3.63) is 64.7 Å². The number of hydrogen-bond acceptors (Lipinski definition) is 3. The molecule has 0 aliphatic heterocycles. The molecule has 1 aliphatic carbocycles. The maximum absolute atomic E-state index is 12.3. The highest BCUT2D eigenvalue weighted by atomic mass is 19.4. The number of alkyl halides is 3. The third kappa shape index (κ3) is 3.21. The van der Waals surface area contributed by atoms with Gasteiger partial charge in [-0.15, -0.1) is 13.2 Å². The van der Waals surface area contributed by atoms with Gasteiger partial charge in [0.2, 0.25) is 0 Å². The maximum atomic E-state index is 12.3. The summed E-state index contributed by atoms with van der Waals surface area (Å²) in [7, 11) is 0. The van der Waals surface area contributed by atoms with Gasteiger partial charge in [-0.2, -0.15) is 0 Å². The van der Waals surface area contributed by atoms with Crippen LogP contribution in [0.3, 0.4) is 0 Å². The molecule has 0 unspecified atom stereocenters. The highest BCUT2D eigenvalue weighted by Gasteiger charge is 2.31. The van der Waals surface area contributed by atoms with Gasteiger partial charge in [0, 0.05) is 12.0 Å². The summed E-state index contributed by atoms with van der Waals surface area (Å²) >= 11 is 0. The number of allylic oxidation sites excluding steroid dienone is 1. The molecule has 0 aromatic heterocycles. The lowest BCUT2D eigenvalue weighted by Gasteiger charge is -2.08. The Bertz CT molecular complexity index is 790. The van der Waals surface area contributed by atoms with Crippen molar-refractivity contribution in [2.75, 3.05) is 0 Å². The lowest BCUT2D eigenvalue weighted by Crippen LogP contribution is -2.16. The van der Waals surface area contributed by atoms with Crippen LogP contribution < -0.4 is 4.74 Å². The number of phenolic OH excluding ortho intramolecular Hbond substituents is 1. The fourth-order valence-corrected chi connectivity index (χ4v) is 2.53. The van der Waals surface area contributed by atoms with Gasteiger partial charge in [-0.05, 0) is 35.4 Å². The average molecular weight is 320 g/mol. The molecule has 0 spiro atoms. The van der Waals surface area contributed by atoms with E-state index in [1.54, 1.807) is 18.2 Å². The lowest BCUT2D eigenvalue weighted by atomic mass is 10.1. The minimum absolute atomic E-state index is 0.0650. The number of carbonyl (C=O) groups is 1. The third-order valence-corrected chi connectivity index (χ3v) is 3.48. The Balaban J connectivity index is 1.84. The number of benzene rings is 2. The van der Waals surface area contributed by atoms with Gasteiger partial charge in [-0.25, -0.2) is 0 Å². The van der Waals surface area contributed by atoms with Gasteiger partial charge in [0.05, 0.1) is 5.56 Å². The highest BCUT2D eigenvalue weighted by molar-refractivity contribution is 6.17. The fourth-order valence-electron chi connectivity index (χ4n) is 2.53. The molecule has 0 fully saturated rings. The molecule has 23 heavy (non-hydrogen) atoms. The first-order valence-electron chi connectivity index (χ1n) is 6.75. The van der Waals surface area contributed by atoms with E-state index in [2.05, 4.69) is 4.74 Å². The molecule has 0 radical (unpaired) electrons. The largest absolute Gasteiger partial charge is 0.573 e. The van der Waals surface area contributed by atoms with Gasteiger partial charge in [-0.3, -0.25) is 4.79 Å². The van der Waals surface area contributed by atoms with Crippen molar-refractivity contribution < 1.29 is 27.8 Å². The normalized spacial score (nSPS) is 15.8. The molecule has 0 heterocycles. The molecular formula is C17H11F3O3.